The zero-order valence-electron chi connectivity index (χ0n) is 16.0. The van der Waals surface area contributed by atoms with E-state index in [0.717, 1.165) is 0 Å². The van der Waals surface area contributed by atoms with E-state index in [1.807, 2.05) is 0 Å². The van der Waals surface area contributed by atoms with Crippen molar-refractivity contribution in [2.45, 2.75) is 10.1 Å². The molecule has 0 unspecified atom stereocenters. The average molecular weight is 475 g/mol. The van der Waals surface area contributed by atoms with Crippen LogP contribution >= 0.6 is 34.7 Å². The number of aromatic nitrogens is 4. The third-order valence-electron chi connectivity index (χ3n) is 3.97. The number of thioether (sulfide) groups is 1. The Bertz CT molecular complexity index is 1310. The fourth-order valence-electron chi connectivity index (χ4n) is 2.61. The van der Waals surface area contributed by atoms with Gasteiger partial charge in [0.2, 0.25) is 5.13 Å². The molecule has 4 aromatic rings. The standard InChI is InChI=1S/C19H15ClN6O3S2/c1-29-14-4-2-3-12(7-14)22-17(28)23-18-24-25-19(31-18)30-10-13-8-16(27)26-9-11(20)5-6-15(26)21-13/h2-9H,10H2,1H3,(H2,22,23,24,28). The number of amides is 2. The number of nitrogens with zero attached hydrogens (tertiary/aromatic N) is 4. The number of ether oxygens (including phenoxy) is 1. The summed E-state index contributed by atoms with van der Waals surface area (Å²) in [5.41, 5.74) is 1.50. The second kappa shape index (κ2) is 9.33. The van der Waals surface area contributed by atoms with Crippen LogP contribution in [0, 0.1) is 0 Å². The van der Waals surface area contributed by atoms with Gasteiger partial charge in [-0.1, -0.05) is 40.8 Å². The number of benzene rings is 1. The van der Waals surface area contributed by atoms with Gasteiger partial charge in [0.25, 0.3) is 5.56 Å². The molecule has 1 aromatic carbocycles. The van der Waals surface area contributed by atoms with Gasteiger partial charge >= 0.3 is 6.03 Å². The lowest BCUT2D eigenvalue weighted by Crippen LogP contribution is -2.19. The van der Waals surface area contributed by atoms with Gasteiger partial charge in [-0.3, -0.25) is 14.5 Å². The predicted molar refractivity (Wildman–Crippen MR) is 122 cm³/mol. The Labute approximate surface area is 189 Å². The number of methoxy groups -OCH3 is 1. The average Bonchev–Trinajstić information content (AvgIpc) is 3.20. The third kappa shape index (κ3) is 5.32. The van der Waals surface area contributed by atoms with Gasteiger partial charge in [-0.05, 0) is 24.3 Å². The van der Waals surface area contributed by atoms with Crippen molar-refractivity contribution in [2.24, 2.45) is 0 Å². The van der Waals surface area contributed by atoms with Gasteiger partial charge in [-0.15, -0.1) is 10.2 Å². The van der Waals surface area contributed by atoms with E-state index in [1.54, 1.807) is 43.5 Å². The first-order chi connectivity index (χ1) is 15.0. The largest absolute Gasteiger partial charge is 0.497 e. The molecule has 31 heavy (non-hydrogen) atoms. The van der Waals surface area contributed by atoms with Gasteiger partial charge in [0.15, 0.2) is 4.34 Å². The first-order valence-corrected chi connectivity index (χ1v) is 11.0. The minimum Gasteiger partial charge on any atom is -0.497 e. The Morgan fingerprint density at radius 1 is 1.23 bits per heavy atom. The number of carbonyl (C=O) groups excluding carboxylic acids is 1. The Morgan fingerprint density at radius 3 is 2.94 bits per heavy atom. The summed E-state index contributed by atoms with van der Waals surface area (Å²) in [5, 5.41) is 14.2. The van der Waals surface area contributed by atoms with Crippen LogP contribution in [-0.4, -0.2) is 32.7 Å². The van der Waals surface area contributed by atoms with Crippen LogP contribution in [-0.2, 0) is 5.75 Å². The molecular weight excluding hydrogens is 460 g/mol. The summed E-state index contributed by atoms with van der Waals surface area (Å²) in [6, 6.07) is 11.4. The quantitative estimate of drug-likeness (QED) is 0.319. The van der Waals surface area contributed by atoms with E-state index in [2.05, 4.69) is 25.8 Å². The third-order valence-corrected chi connectivity index (χ3v) is 6.20. The van der Waals surface area contributed by atoms with Gasteiger partial charge in [0.1, 0.15) is 11.4 Å². The van der Waals surface area contributed by atoms with Crippen molar-refractivity contribution in [1.82, 2.24) is 19.6 Å². The predicted octanol–water partition coefficient (Wildman–Crippen LogP) is 4.14. The number of urea groups is 1. The molecule has 2 N–H and O–H groups in total. The number of hydrogen-bond acceptors (Lipinski definition) is 8. The smallest absolute Gasteiger partial charge is 0.325 e. The van der Waals surface area contributed by atoms with Crippen molar-refractivity contribution in [2.75, 3.05) is 17.7 Å². The maximum absolute atomic E-state index is 12.2. The molecule has 0 fully saturated rings. The van der Waals surface area contributed by atoms with E-state index < -0.39 is 6.03 Å². The molecule has 0 radical (unpaired) electrons. The number of anilines is 2. The molecule has 0 saturated carbocycles. The molecule has 0 spiro atoms. The summed E-state index contributed by atoms with van der Waals surface area (Å²) in [5.74, 6) is 1.07. The molecule has 9 nitrogen and oxygen atoms in total. The van der Waals surface area contributed by atoms with Crippen molar-refractivity contribution < 1.29 is 9.53 Å². The lowest BCUT2D eigenvalue weighted by Gasteiger charge is -2.06. The number of hydrogen-bond donors (Lipinski definition) is 2. The minimum absolute atomic E-state index is 0.211. The molecule has 3 aromatic heterocycles. The highest BCUT2D eigenvalue weighted by Crippen LogP contribution is 2.28. The summed E-state index contributed by atoms with van der Waals surface area (Å²) < 4.78 is 7.16. The molecule has 0 atom stereocenters. The normalized spacial score (nSPS) is 10.8. The zero-order valence-corrected chi connectivity index (χ0v) is 18.4. The summed E-state index contributed by atoms with van der Waals surface area (Å²) in [6.45, 7) is 0. The number of pyridine rings is 1. The van der Waals surface area contributed by atoms with Crippen molar-refractivity contribution in [3.05, 3.63) is 69.7 Å². The lowest BCUT2D eigenvalue weighted by atomic mass is 10.3. The Morgan fingerprint density at radius 2 is 2.10 bits per heavy atom. The number of nitrogens with one attached hydrogen (secondary N) is 2. The van der Waals surface area contributed by atoms with Crippen LogP contribution in [0.4, 0.5) is 15.6 Å². The molecule has 0 aliphatic rings. The van der Waals surface area contributed by atoms with Crippen molar-refractivity contribution >= 4 is 57.2 Å². The number of carbonyl (C=O) groups is 1. The first kappa shape index (κ1) is 21.1. The van der Waals surface area contributed by atoms with E-state index in [1.165, 1.54) is 39.8 Å². The van der Waals surface area contributed by atoms with Gasteiger partial charge in [-0.25, -0.2) is 9.78 Å². The Hall–Kier alpha value is -3.15. The Kier molecular flexibility index (Phi) is 6.35. The lowest BCUT2D eigenvalue weighted by molar-refractivity contribution is 0.262. The summed E-state index contributed by atoms with van der Waals surface area (Å²) >= 11 is 8.52. The van der Waals surface area contributed by atoms with E-state index in [9.17, 15) is 9.59 Å². The van der Waals surface area contributed by atoms with Crippen LogP contribution in [0.5, 0.6) is 5.75 Å². The van der Waals surface area contributed by atoms with Gasteiger partial charge in [0.05, 0.1) is 17.8 Å². The molecule has 3 heterocycles. The number of rotatable bonds is 6. The van der Waals surface area contributed by atoms with Gasteiger partial charge < -0.3 is 10.1 Å². The highest BCUT2D eigenvalue weighted by molar-refractivity contribution is 8.00. The molecule has 2 amide bonds. The van der Waals surface area contributed by atoms with Crippen LogP contribution in [0.1, 0.15) is 5.69 Å². The summed E-state index contributed by atoms with van der Waals surface area (Å²) in [7, 11) is 1.55. The molecule has 0 aliphatic carbocycles. The van der Waals surface area contributed by atoms with Crippen molar-refractivity contribution in [3.8, 4) is 5.75 Å². The van der Waals surface area contributed by atoms with Crippen LogP contribution < -0.4 is 20.9 Å². The fraction of sp³-hybridized carbons (Fsp3) is 0.105. The van der Waals surface area contributed by atoms with Gasteiger partial charge in [0, 0.05) is 29.8 Å². The highest BCUT2D eigenvalue weighted by atomic mass is 35.5. The molecular formula is C19H15ClN6O3S2. The monoisotopic (exact) mass is 474 g/mol. The summed E-state index contributed by atoms with van der Waals surface area (Å²) in [6.07, 6.45) is 1.53. The molecule has 0 bridgehead atoms. The van der Waals surface area contributed by atoms with E-state index in [0.29, 0.717) is 43.0 Å². The maximum atomic E-state index is 12.2. The summed E-state index contributed by atoms with van der Waals surface area (Å²) in [4.78, 5) is 28.9. The fourth-order valence-corrected chi connectivity index (χ4v) is 4.41. The maximum Gasteiger partial charge on any atom is 0.325 e. The molecule has 158 valence electrons. The van der Waals surface area contributed by atoms with Crippen LogP contribution in [0.3, 0.4) is 0 Å². The minimum atomic E-state index is -0.441. The second-order valence-corrected chi connectivity index (χ2v) is 8.77. The first-order valence-electron chi connectivity index (χ1n) is 8.86. The molecule has 0 saturated heterocycles. The second-order valence-electron chi connectivity index (χ2n) is 6.13. The van der Waals surface area contributed by atoms with E-state index >= 15 is 0 Å². The van der Waals surface area contributed by atoms with Crippen LogP contribution in [0.2, 0.25) is 5.02 Å². The zero-order chi connectivity index (χ0) is 21.8. The number of fused-ring (bicyclic) bond motifs is 1. The van der Waals surface area contributed by atoms with Crippen molar-refractivity contribution in [3.63, 3.8) is 0 Å². The molecule has 12 heteroatoms. The van der Waals surface area contributed by atoms with Gasteiger partial charge in [-0.2, -0.15) is 0 Å². The highest BCUT2D eigenvalue weighted by Gasteiger charge is 2.11. The molecule has 0 aliphatic heterocycles. The van der Waals surface area contributed by atoms with Crippen molar-refractivity contribution in [1.29, 1.82) is 0 Å². The topological polar surface area (TPSA) is 111 Å². The van der Waals surface area contributed by atoms with E-state index in [-0.39, 0.29) is 5.56 Å². The van der Waals surface area contributed by atoms with Crippen LogP contribution in [0.15, 0.2) is 57.8 Å². The number of halogens is 1. The Balaban J connectivity index is 1.37. The van der Waals surface area contributed by atoms with E-state index in [4.69, 9.17) is 16.3 Å². The SMILES string of the molecule is COc1cccc(NC(=O)Nc2nnc(SCc3cc(=O)n4cc(Cl)ccc4n3)s2)c1. The molecule has 4 rings (SSSR count). The van der Waals surface area contributed by atoms with Crippen LogP contribution in [0.25, 0.3) is 5.65 Å².